The van der Waals surface area contributed by atoms with E-state index in [0.717, 1.165) is 12.8 Å². The van der Waals surface area contributed by atoms with Crippen LogP contribution in [0.15, 0.2) is 72.8 Å². The lowest BCUT2D eigenvalue weighted by molar-refractivity contribution is -0.144. The van der Waals surface area contributed by atoms with Crippen LogP contribution in [0.5, 0.6) is 5.75 Å². The quantitative estimate of drug-likeness (QED) is 0.299. The summed E-state index contributed by atoms with van der Waals surface area (Å²) >= 11 is 6.15. The Kier molecular flexibility index (Phi) is 8.78. The summed E-state index contributed by atoms with van der Waals surface area (Å²) in [5.74, 6) is -1.75. The van der Waals surface area contributed by atoms with E-state index >= 15 is 0 Å². The second kappa shape index (κ2) is 12.6. The van der Waals surface area contributed by atoms with Crippen molar-refractivity contribution in [1.82, 2.24) is 4.90 Å². The molecule has 0 aliphatic carbocycles. The van der Waals surface area contributed by atoms with Gasteiger partial charge in [0, 0.05) is 42.6 Å². The number of carbonyl (C=O) groups is 3. The number of carbonyl (C=O) groups excluding carboxylic acids is 3. The van der Waals surface area contributed by atoms with E-state index in [1.807, 2.05) is 62.4 Å². The molecule has 4 aliphatic rings. The fourth-order valence-electron chi connectivity index (χ4n) is 7.48. The molecular formula is C35H40ClN3O6. The Balaban J connectivity index is 1.39. The average molecular weight is 634 g/mol. The number of fused-ring (bicyclic) bond motifs is 2. The summed E-state index contributed by atoms with van der Waals surface area (Å²) in [7, 11) is 0. The molecule has 2 aromatic rings. The van der Waals surface area contributed by atoms with Crippen molar-refractivity contribution in [3.63, 3.8) is 0 Å². The maximum atomic E-state index is 14.6. The van der Waals surface area contributed by atoms with Gasteiger partial charge in [0.15, 0.2) is 0 Å². The lowest BCUT2D eigenvalue weighted by Gasteiger charge is -2.37. The number of halogens is 1. The minimum absolute atomic E-state index is 0.115. The van der Waals surface area contributed by atoms with E-state index in [9.17, 15) is 19.5 Å². The van der Waals surface area contributed by atoms with Crippen LogP contribution in [0.3, 0.4) is 0 Å². The summed E-state index contributed by atoms with van der Waals surface area (Å²) in [6, 6.07) is 13.5. The molecule has 0 bridgehead atoms. The fraction of sp³-hybridized carbons (Fsp3) is 0.457. The third-order valence-corrected chi connectivity index (χ3v) is 9.71. The van der Waals surface area contributed by atoms with Crippen LogP contribution in [0, 0.1) is 11.8 Å². The van der Waals surface area contributed by atoms with Crippen molar-refractivity contribution in [2.45, 2.75) is 56.8 Å². The van der Waals surface area contributed by atoms with Gasteiger partial charge in [0.25, 0.3) is 5.91 Å². The van der Waals surface area contributed by atoms with E-state index in [4.69, 9.17) is 21.1 Å². The van der Waals surface area contributed by atoms with Crippen LogP contribution >= 0.6 is 11.6 Å². The molecule has 2 fully saturated rings. The van der Waals surface area contributed by atoms with Gasteiger partial charge >= 0.3 is 0 Å². The molecule has 4 aliphatic heterocycles. The third-order valence-electron chi connectivity index (χ3n) is 9.46. The Hall–Kier alpha value is -3.66. The van der Waals surface area contributed by atoms with Gasteiger partial charge in [-0.1, -0.05) is 48.7 Å². The van der Waals surface area contributed by atoms with E-state index in [0.29, 0.717) is 54.7 Å². The maximum Gasteiger partial charge on any atom is 0.253 e. The van der Waals surface area contributed by atoms with Gasteiger partial charge in [0.2, 0.25) is 11.8 Å². The molecule has 238 valence electrons. The summed E-state index contributed by atoms with van der Waals surface area (Å²) in [4.78, 5) is 48.8. The summed E-state index contributed by atoms with van der Waals surface area (Å²) in [6.07, 6.45) is 10.5. The number of anilines is 2. The highest BCUT2D eigenvalue weighted by Gasteiger charge is 2.74. The number of aliphatic hydroxyl groups excluding tert-OH is 1. The highest BCUT2D eigenvalue weighted by Crippen LogP contribution is 2.57. The first-order chi connectivity index (χ1) is 21.7. The smallest absolute Gasteiger partial charge is 0.253 e. The van der Waals surface area contributed by atoms with Crippen LogP contribution < -0.4 is 14.5 Å². The zero-order valence-corrected chi connectivity index (χ0v) is 26.5. The molecule has 3 amide bonds. The molecule has 1 N–H and O–H groups in total. The molecular weight excluding hydrogens is 594 g/mol. The van der Waals surface area contributed by atoms with Gasteiger partial charge in [0.1, 0.15) is 17.4 Å². The number of hydrogen-bond donors (Lipinski definition) is 1. The number of nitrogens with zero attached hydrogens (tertiary/aromatic N) is 3. The normalized spacial score (nSPS) is 29.0. The van der Waals surface area contributed by atoms with Crippen LogP contribution in [0.4, 0.5) is 11.4 Å². The Bertz CT molecular complexity index is 1490. The second-order valence-electron chi connectivity index (χ2n) is 12.3. The molecule has 2 aromatic carbocycles. The Morgan fingerprint density at radius 1 is 0.844 bits per heavy atom. The lowest BCUT2D eigenvalue weighted by atomic mass is 9.74. The molecule has 45 heavy (non-hydrogen) atoms. The van der Waals surface area contributed by atoms with Gasteiger partial charge in [-0.2, -0.15) is 0 Å². The summed E-state index contributed by atoms with van der Waals surface area (Å²) in [5, 5.41) is 9.79. The third kappa shape index (κ3) is 5.45. The van der Waals surface area contributed by atoms with Crippen LogP contribution in [-0.2, 0) is 19.1 Å². The largest absolute Gasteiger partial charge is 0.494 e. The van der Waals surface area contributed by atoms with Crippen molar-refractivity contribution in [2.24, 2.45) is 11.8 Å². The van der Waals surface area contributed by atoms with Gasteiger partial charge in [-0.05, 0) is 75.2 Å². The summed E-state index contributed by atoms with van der Waals surface area (Å²) in [6.45, 7) is 5.38. The van der Waals surface area contributed by atoms with Crippen molar-refractivity contribution in [1.29, 1.82) is 0 Å². The van der Waals surface area contributed by atoms with Gasteiger partial charge < -0.3 is 29.3 Å². The van der Waals surface area contributed by atoms with Crippen LogP contribution in [0.25, 0.3) is 0 Å². The van der Waals surface area contributed by atoms with Gasteiger partial charge in [-0.15, -0.1) is 0 Å². The van der Waals surface area contributed by atoms with Crippen LogP contribution in [0.2, 0.25) is 5.02 Å². The Morgan fingerprint density at radius 2 is 1.47 bits per heavy atom. The minimum Gasteiger partial charge on any atom is -0.494 e. The standard InChI is InChI=1S/C35H40ClN3O6/c1-3-44-27-16-14-26(15-17-27)37-21-8-18-34(2)28(31(37)41)29-32(42)39(20-6-4-5-7-23-40)30-33(43)38(22-9-19-35(29,30)45-34)25-12-10-24(36)11-13-25/h8-19,28-30,40H,3-7,20-23H2,1-2H3/t28-,29-,30?,34+,35-/m0/s1. The molecule has 0 radical (unpaired) electrons. The average Bonchev–Trinajstić information content (AvgIpc) is 3.29. The fourth-order valence-corrected chi connectivity index (χ4v) is 7.61. The predicted molar refractivity (Wildman–Crippen MR) is 172 cm³/mol. The van der Waals surface area contributed by atoms with E-state index in [2.05, 4.69) is 0 Å². The molecule has 1 spiro atoms. The van der Waals surface area contributed by atoms with Crippen LogP contribution in [-0.4, -0.2) is 77.8 Å². The molecule has 0 saturated carbocycles. The van der Waals surface area contributed by atoms with Crippen molar-refractivity contribution >= 4 is 40.7 Å². The highest BCUT2D eigenvalue weighted by atomic mass is 35.5. The van der Waals surface area contributed by atoms with Gasteiger partial charge in [-0.25, -0.2) is 0 Å². The minimum atomic E-state index is -1.33. The first-order valence-corrected chi connectivity index (χ1v) is 16.2. The number of aliphatic hydroxyl groups is 1. The summed E-state index contributed by atoms with van der Waals surface area (Å²) < 4.78 is 12.5. The number of rotatable bonds is 10. The zero-order chi connectivity index (χ0) is 31.8. The number of ether oxygens (including phenoxy) is 2. The second-order valence-corrected chi connectivity index (χ2v) is 12.7. The molecule has 10 heteroatoms. The monoisotopic (exact) mass is 633 g/mol. The Labute approximate surface area is 269 Å². The Morgan fingerprint density at radius 3 is 2.13 bits per heavy atom. The molecule has 0 aromatic heterocycles. The number of amides is 3. The lowest BCUT2D eigenvalue weighted by Crippen LogP contribution is -2.56. The number of benzene rings is 2. The molecule has 4 heterocycles. The number of likely N-dealkylation sites (tertiary alicyclic amines) is 1. The van der Waals surface area contributed by atoms with E-state index < -0.39 is 29.1 Å². The molecule has 1 unspecified atom stereocenters. The predicted octanol–water partition coefficient (Wildman–Crippen LogP) is 4.77. The van der Waals surface area contributed by atoms with Crippen molar-refractivity contribution in [2.75, 3.05) is 42.6 Å². The van der Waals surface area contributed by atoms with Crippen molar-refractivity contribution < 1.29 is 29.0 Å². The first-order valence-electron chi connectivity index (χ1n) is 15.8. The topological polar surface area (TPSA) is 99.6 Å². The molecule has 6 rings (SSSR count). The van der Waals surface area contributed by atoms with Crippen molar-refractivity contribution in [3.05, 3.63) is 77.9 Å². The van der Waals surface area contributed by atoms with Crippen LogP contribution in [0.1, 0.15) is 39.5 Å². The molecule has 5 atom stereocenters. The SMILES string of the molecule is CCOc1ccc(N2CC=C[C@@]3(C)O[C@]45C=CCN(c6ccc(Cl)cc6)C(=O)C4N(CCCCCCO)C(=O)[C@@H]5[C@H]3C2=O)cc1. The highest BCUT2D eigenvalue weighted by molar-refractivity contribution is 6.30. The van der Waals surface area contributed by atoms with E-state index in [-0.39, 0.29) is 30.9 Å². The molecule has 9 nitrogen and oxygen atoms in total. The molecule has 2 saturated heterocycles. The van der Waals surface area contributed by atoms with Gasteiger partial charge in [-0.3, -0.25) is 14.4 Å². The zero-order valence-electron chi connectivity index (χ0n) is 25.7. The van der Waals surface area contributed by atoms with E-state index in [1.54, 1.807) is 39.0 Å². The van der Waals surface area contributed by atoms with Crippen molar-refractivity contribution in [3.8, 4) is 5.75 Å². The number of hydrogen-bond acceptors (Lipinski definition) is 6. The number of unbranched alkanes of at least 4 members (excludes halogenated alkanes) is 3. The first kappa shape index (κ1) is 31.3. The summed E-state index contributed by atoms with van der Waals surface area (Å²) in [5.41, 5.74) is -1.08. The van der Waals surface area contributed by atoms with Gasteiger partial charge in [0.05, 0.1) is 24.0 Å². The maximum absolute atomic E-state index is 14.6. The van der Waals surface area contributed by atoms with E-state index in [1.165, 1.54) is 0 Å².